The minimum absolute atomic E-state index is 0.0214. The predicted molar refractivity (Wildman–Crippen MR) is 119 cm³/mol. The Bertz CT molecular complexity index is 1070. The number of rotatable bonds is 8. The number of benzene rings is 1. The molecule has 0 spiro atoms. The number of carbonyl (C=O) groups excluding carboxylic acids is 2. The Morgan fingerprint density at radius 3 is 2.29 bits per heavy atom. The van der Waals surface area contributed by atoms with E-state index in [4.69, 9.17) is 27.9 Å². The standard InChI is InChI=1S/C20H23Cl2N3O5S/c1-11(2)18(25-31(28,29)14-7-5-12(3)6-8-14)20(27)30-10-17(26)24-19-16(22)9-15(21)13(4)23-19/h5-9,11,18,25H,10H2,1-4H3,(H,23,24,26). The van der Waals surface area contributed by atoms with Crippen LogP contribution in [-0.4, -0.2) is 37.9 Å². The van der Waals surface area contributed by atoms with Gasteiger partial charge < -0.3 is 10.1 Å². The monoisotopic (exact) mass is 487 g/mol. The lowest BCUT2D eigenvalue weighted by Crippen LogP contribution is -2.45. The maximum absolute atomic E-state index is 12.6. The van der Waals surface area contributed by atoms with E-state index >= 15 is 0 Å². The van der Waals surface area contributed by atoms with E-state index in [2.05, 4.69) is 15.0 Å². The molecule has 1 heterocycles. The first-order valence-electron chi connectivity index (χ1n) is 9.29. The normalized spacial score (nSPS) is 12.5. The number of hydrogen-bond donors (Lipinski definition) is 2. The van der Waals surface area contributed by atoms with Crippen LogP contribution in [0, 0.1) is 19.8 Å². The van der Waals surface area contributed by atoms with Gasteiger partial charge in [-0.1, -0.05) is 54.7 Å². The summed E-state index contributed by atoms with van der Waals surface area (Å²) in [6.45, 7) is 6.14. The molecule has 0 aliphatic rings. The lowest BCUT2D eigenvalue weighted by molar-refractivity contribution is -0.150. The summed E-state index contributed by atoms with van der Waals surface area (Å²) in [6, 6.07) is 6.44. The number of nitrogens with one attached hydrogen (secondary N) is 2. The first kappa shape index (κ1) is 25.1. The van der Waals surface area contributed by atoms with Crippen LogP contribution in [0.1, 0.15) is 25.1 Å². The maximum atomic E-state index is 12.6. The van der Waals surface area contributed by atoms with E-state index < -0.39 is 40.5 Å². The number of anilines is 1. The van der Waals surface area contributed by atoms with Crippen molar-refractivity contribution in [2.45, 2.75) is 38.6 Å². The zero-order valence-electron chi connectivity index (χ0n) is 17.4. The fraction of sp³-hybridized carbons (Fsp3) is 0.350. The molecule has 1 amide bonds. The number of carbonyl (C=O) groups is 2. The van der Waals surface area contributed by atoms with Gasteiger partial charge in [-0.15, -0.1) is 0 Å². The fourth-order valence-electron chi connectivity index (χ4n) is 2.45. The molecule has 1 aromatic carbocycles. The molecule has 0 aliphatic carbocycles. The van der Waals surface area contributed by atoms with Crippen LogP contribution in [0.5, 0.6) is 0 Å². The quantitative estimate of drug-likeness (QED) is 0.550. The van der Waals surface area contributed by atoms with Crippen molar-refractivity contribution in [2.24, 2.45) is 5.92 Å². The van der Waals surface area contributed by atoms with E-state index in [0.717, 1.165) is 5.56 Å². The number of pyridine rings is 1. The molecule has 2 rings (SSSR count). The van der Waals surface area contributed by atoms with Gasteiger partial charge in [-0.05, 0) is 38.0 Å². The van der Waals surface area contributed by atoms with Crippen LogP contribution in [0.4, 0.5) is 5.82 Å². The third-order valence-electron chi connectivity index (χ3n) is 4.24. The van der Waals surface area contributed by atoms with E-state index in [1.807, 2.05) is 6.92 Å². The van der Waals surface area contributed by atoms with Crippen molar-refractivity contribution >= 4 is 50.9 Å². The third-order valence-corrected chi connectivity index (χ3v) is 6.37. The molecule has 0 radical (unpaired) electrons. The van der Waals surface area contributed by atoms with E-state index in [0.29, 0.717) is 10.7 Å². The molecule has 168 valence electrons. The second-order valence-electron chi connectivity index (χ2n) is 7.20. The zero-order chi connectivity index (χ0) is 23.3. The molecule has 0 saturated carbocycles. The van der Waals surface area contributed by atoms with Crippen LogP contribution in [0.2, 0.25) is 10.0 Å². The van der Waals surface area contributed by atoms with Gasteiger partial charge in [0, 0.05) is 0 Å². The number of ether oxygens (including phenoxy) is 1. The van der Waals surface area contributed by atoms with Gasteiger partial charge in [0.2, 0.25) is 10.0 Å². The summed E-state index contributed by atoms with van der Waals surface area (Å²) in [5.74, 6) is -1.92. The lowest BCUT2D eigenvalue weighted by Gasteiger charge is -2.20. The molecular formula is C20H23Cl2N3O5S. The highest BCUT2D eigenvalue weighted by Crippen LogP contribution is 2.25. The fourth-order valence-corrected chi connectivity index (χ4v) is 4.19. The minimum Gasteiger partial charge on any atom is -0.454 e. The molecule has 0 bridgehead atoms. The number of amides is 1. The smallest absolute Gasteiger partial charge is 0.324 e. The summed E-state index contributed by atoms with van der Waals surface area (Å²) in [4.78, 5) is 28.7. The molecule has 1 aromatic heterocycles. The number of aromatic nitrogens is 1. The van der Waals surface area contributed by atoms with Crippen LogP contribution in [0.15, 0.2) is 35.2 Å². The molecule has 0 aliphatic heterocycles. The highest BCUT2D eigenvalue weighted by Gasteiger charge is 2.30. The zero-order valence-corrected chi connectivity index (χ0v) is 19.7. The summed E-state index contributed by atoms with van der Waals surface area (Å²) in [7, 11) is -3.96. The van der Waals surface area contributed by atoms with Gasteiger partial charge in [0.1, 0.15) is 6.04 Å². The molecule has 0 saturated heterocycles. The van der Waals surface area contributed by atoms with Crippen molar-refractivity contribution < 1.29 is 22.7 Å². The molecule has 1 atom stereocenters. The van der Waals surface area contributed by atoms with Crippen molar-refractivity contribution in [3.63, 3.8) is 0 Å². The van der Waals surface area contributed by atoms with Crippen molar-refractivity contribution in [1.82, 2.24) is 9.71 Å². The highest BCUT2D eigenvalue weighted by atomic mass is 35.5. The summed E-state index contributed by atoms with van der Waals surface area (Å²) in [6.07, 6.45) is 0. The Morgan fingerprint density at radius 2 is 1.71 bits per heavy atom. The minimum atomic E-state index is -3.96. The molecule has 11 heteroatoms. The van der Waals surface area contributed by atoms with Crippen molar-refractivity contribution in [3.8, 4) is 0 Å². The van der Waals surface area contributed by atoms with E-state index in [9.17, 15) is 18.0 Å². The summed E-state index contributed by atoms with van der Waals surface area (Å²) in [5.41, 5.74) is 1.36. The van der Waals surface area contributed by atoms with Crippen LogP contribution >= 0.6 is 23.2 Å². The van der Waals surface area contributed by atoms with Crippen LogP contribution in [0.25, 0.3) is 0 Å². The Balaban J connectivity index is 2.03. The van der Waals surface area contributed by atoms with Crippen LogP contribution in [-0.2, 0) is 24.3 Å². The number of esters is 1. The highest BCUT2D eigenvalue weighted by molar-refractivity contribution is 7.89. The number of aryl methyl sites for hydroxylation is 2. The Kier molecular flexibility index (Phi) is 8.41. The van der Waals surface area contributed by atoms with Crippen molar-refractivity contribution in [2.75, 3.05) is 11.9 Å². The van der Waals surface area contributed by atoms with Gasteiger partial charge in [0.15, 0.2) is 12.4 Å². The number of nitrogens with zero attached hydrogens (tertiary/aromatic N) is 1. The molecule has 2 N–H and O–H groups in total. The second kappa shape index (κ2) is 10.4. The van der Waals surface area contributed by atoms with Crippen LogP contribution < -0.4 is 10.0 Å². The predicted octanol–water partition coefficient (Wildman–Crippen LogP) is 3.49. The average Bonchev–Trinajstić information content (AvgIpc) is 2.68. The Hall–Kier alpha value is -2.20. The first-order chi connectivity index (χ1) is 14.4. The van der Waals surface area contributed by atoms with Crippen molar-refractivity contribution in [1.29, 1.82) is 0 Å². The lowest BCUT2D eigenvalue weighted by atomic mass is 10.1. The van der Waals surface area contributed by atoms with Gasteiger partial charge >= 0.3 is 5.97 Å². The molecule has 2 aromatic rings. The van der Waals surface area contributed by atoms with Crippen LogP contribution in [0.3, 0.4) is 0 Å². The van der Waals surface area contributed by atoms with E-state index in [1.54, 1.807) is 32.9 Å². The molecule has 1 unspecified atom stereocenters. The summed E-state index contributed by atoms with van der Waals surface area (Å²) >= 11 is 11.9. The van der Waals surface area contributed by atoms with Gasteiger partial charge in [0.25, 0.3) is 5.91 Å². The molecule has 8 nitrogen and oxygen atoms in total. The Morgan fingerprint density at radius 1 is 1.10 bits per heavy atom. The van der Waals surface area contributed by atoms with Crippen molar-refractivity contribution in [3.05, 3.63) is 51.6 Å². The molecular weight excluding hydrogens is 465 g/mol. The topological polar surface area (TPSA) is 114 Å². The largest absolute Gasteiger partial charge is 0.454 e. The van der Waals surface area contributed by atoms with Gasteiger partial charge in [-0.2, -0.15) is 4.72 Å². The number of halogens is 2. The SMILES string of the molecule is Cc1ccc(S(=O)(=O)NC(C(=O)OCC(=O)Nc2nc(C)c(Cl)cc2Cl)C(C)C)cc1. The molecule has 0 fully saturated rings. The van der Waals surface area contributed by atoms with Gasteiger partial charge in [0.05, 0.1) is 20.6 Å². The Labute approximate surface area is 191 Å². The summed E-state index contributed by atoms with van der Waals surface area (Å²) < 4.78 is 32.6. The third kappa shape index (κ3) is 6.90. The summed E-state index contributed by atoms with van der Waals surface area (Å²) in [5, 5.41) is 2.89. The molecule has 31 heavy (non-hydrogen) atoms. The first-order valence-corrected chi connectivity index (χ1v) is 11.5. The maximum Gasteiger partial charge on any atom is 0.324 e. The number of sulfonamides is 1. The second-order valence-corrected chi connectivity index (χ2v) is 9.73. The van der Waals surface area contributed by atoms with E-state index in [1.165, 1.54) is 18.2 Å². The van der Waals surface area contributed by atoms with E-state index in [-0.39, 0.29) is 15.7 Å². The van der Waals surface area contributed by atoms with Gasteiger partial charge in [-0.3, -0.25) is 9.59 Å². The average molecular weight is 488 g/mol. The van der Waals surface area contributed by atoms with Gasteiger partial charge in [-0.25, -0.2) is 13.4 Å². The number of hydrogen-bond acceptors (Lipinski definition) is 6.